The molecule has 0 spiro atoms. The van der Waals surface area contributed by atoms with Crippen LogP contribution in [0, 0.1) is 6.92 Å². The van der Waals surface area contributed by atoms with Crippen molar-refractivity contribution in [3.63, 3.8) is 0 Å². The predicted octanol–water partition coefficient (Wildman–Crippen LogP) is 6.20. The van der Waals surface area contributed by atoms with Crippen LogP contribution in [-0.2, 0) is 15.8 Å². The Labute approximate surface area is 148 Å². The molecular weight excluding hydrogens is 324 g/mol. The summed E-state index contributed by atoms with van der Waals surface area (Å²) < 4.78 is 12.3. The molecule has 0 saturated heterocycles. The maximum Gasteiger partial charge on any atom is 0.295 e. The number of aryl methyl sites for hydroxylation is 1. The lowest BCUT2D eigenvalue weighted by atomic mass is 10.1. The van der Waals surface area contributed by atoms with Crippen molar-refractivity contribution in [2.45, 2.75) is 78.2 Å². The Morgan fingerprint density at radius 3 is 2.04 bits per heavy atom. The first-order valence-corrected chi connectivity index (χ1v) is 11.7. The third-order valence-electron chi connectivity index (χ3n) is 4.25. The van der Waals surface area contributed by atoms with E-state index in [4.69, 9.17) is 20.2 Å². The van der Waals surface area contributed by atoms with Gasteiger partial charge in [0.2, 0.25) is 0 Å². The van der Waals surface area contributed by atoms with Gasteiger partial charge >= 0.3 is 0 Å². The first-order chi connectivity index (χ1) is 10.6. The fourth-order valence-electron chi connectivity index (χ4n) is 2.57. The molecule has 0 saturated carbocycles. The molecule has 1 aromatic rings. The van der Waals surface area contributed by atoms with E-state index in [9.17, 15) is 0 Å². The minimum atomic E-state index is -2.25. The highest BCUT2D eigenvalue weighted by Crippen LogP contribution is 2.40. The molecular formula is C19H33ClO2Si. The fourth-order valence-corrected chi connectivity index (χ4v) is 5.95. The Hall–Kier alpha value is -0.353. The quantitative estimate of drug-likeness (QED) is 0.298. The number of benzene rings is 1. The normalized spacial score (nSPS) is 13.1. The molecule has 0 bridgehead atoms. The molecule has 1 rings (SSSR count). The molecule has 0 fully saturated rings. The second-order valence-corrected chi connectivity index (χ2v) is 13.3. The summed E-state index contributed by atoms with van der Waals surface area (Å²) in [6.07, 6.45) is 0.847. The van der Waals surface area contributed by atoms with Gasteiger partial charge in [0.05, 0.1) is 12.2 Å². The molecule has 132 valence electrons. The highest BCUT2D eigenvalue weighted by atomic mass is 35.6. The Morgan fingerprint density at radius 1 is 1.04 bits per heavy atom. The average Bonchev–Trinajstić information content (AvgIpc) is 2.44. The summed E-state index contributed by atoms with van der Waals surface area (Å²) >= 11 is 6.89. The van der Waals surface area contributed by atoms with Crippen LogP contribution in [0.5, 0.6) is 0 Å². The molecule has 0 N–H and O–H groups in total. The van der Waals surface area contributed by atoms with Gasteiger partial charge in [-0.05, 0) is 43.8 Å². The average molecular weight is 357 g/mol. The van der Waals surface area contributed by atoms with Gasteiger partial charge in [0.1, 0.15) is 0 Å². The second kappa shape index (κ2) is 8.66. The van der Waals surface area contributed by atoms with Gasteiger partial charge in [-0.1, -0.05) is 57.5 Å². The maximum absolute atomic E-state index is 6.89. The number of halogens is 1. The van der Waals surface area contributed by atoms with Gasteiger partial charge in [0.25, 0.3) is 7.63 Å². The first kappa shape index (κ1) is 20.7. The summed E-state index contributed by atoms with van der Waals surface area (Å²) in [6.45, 7) is 16.3. The highest BCUT2D eigenvalue weighted by molar-refractivity contribution is 7.18. The van der Waals surface area contributed by atoms with Crippen LogP contribution in [0.1, 0.15) is 59.1 Å². The lowest BCUT2D eigenvalue weighted by Crippen LogP contribution is -2.46. The van der Waals surface area contributed by atoms with E-state index in [-0.39, 0.29) is 5.60 Å². The molecule has 23 heavy (non-hydrogen) atoms. The van der Waals surface area contributed by atoms with Crippen LogP contribution in [0.2, 0.25) is 11.1 Å². The van der Waals surface area contributed by atoms with Gasteiger partial charge in [0.15, 0.2) is 0 Å². The molecule has 0 aliphatic rings. The monoisotopic (exact) mass is 356 g/mol. The molecule has 2 nitrogen and oxygen atoms in total. The van der Waals surface area contributed by atoms with Gasteiger partial charge in [-0.2, -0.15) is 0 Å². The molecule has 0 aromatic heterocycles. The van der Waals surface area contributed by atoms with E-state index >= 15 is 0 Å². The molecule has 0 aliphatic carbocycles. The van der Waals surface area contributed by atoms with Crippen molar-refractivity contribution < 1.29 is 9.16 Å². The highest BCUT2D eigenvalue weighted by Gasteiger charge is 2.44. The van der Waals surface area contributed by atoms with Crippen molar-refractivity contribution >= 4 is 18.7 Å². The van der Waals surface area contributed by atoms with Gasteiger partial charge in [-0.3, -0.25) is 0 Å². The fraction of sp³-hybridized carbons (Fsp3) is 0.684. The van der Waals surface area contributed by atoms with Crippen molar-refractivity contribution in [2.24, 2.45) is 0 Å². The molecule has 0 amide bonds. The van der Waals surface area contributed by atoms with E-state index in [2.05, 4.69) is 72.7 Å². The van der Waals surface area contributed by atoms with Crippen LogP contribution in [0.4, 0.5) is 0 Å². The molecule has 0 radical (unpaired) electrons. The Kier molecular flexibility index (Phi) is 7.79. The molecule has 0 unspecified atom stereocenters. The number of hydrogen-bond acceptors (Lipinski definition) is 2. The smallest absolute Gasteiger partial charge is 0.295 e. The lowest BCUT2D eigenvalue weighted by Gasteiger charge is -2.40. The Bertz CT molecular complexity index is 461. The molecule has 4 heteroatoms. The van der Waals surface area contributed by atoms with Crippen molar-refractivity contribution in [2.75, 3.05) is 6.61 Å². The van der Waals surface area contributed by atoms with E-state index in [1.165, 1.54) is 11.1 Å². The standard InChI is InChI=1S/C19H33ClO2Si/c1-15(2)23(20,16(3)4)22-19(6,7)12-13-21-14-18-10-8-17(5)9-11-18/h8-11,15-16H,12-14H2,1-7H3. The summed E-state index contributed by atoms with van der Waals surface area (Å²) in [6, 6.07) is 8.46. The SMILES string of the molecule is Cc1ccc(COCCC(C)(C)O[Si](Cl)(C(C)C)C(C)C)cc1. The molecule has 0 aliphatic heterocycles. The van der Waals surface area contributed by atoms with Crippen molar-refractivity contribution in [1.82, 2.24) is 0 Å². The summed E-state index contributed by atoms with van der Waals surface area (Å²) in [4.78, 5) is 0. The van der Waals surface area contributed by atoms with Gasteiger partial charge in [-0.15, -0.1) is 11.1 Å². The van der Waals surface area contributed by atoms with Crippen LogP contribution >= 0.6 is 11.1 Å². The maximum atomic E-state index is 6.89. The molecule has 0 atom stereocenters. The predicted molar refractivity (Wildman–Crippen MR) is 102 cm³/mol. The summed E-state index contributed by atoms with van der Waals surface area (Å²) in [5.41, 5.74) is 3.00. The second-order valence-electron chi connectivity index (χ2n) is 7.66. The minimum Gasteiger partial charge on any atom is -0.397 e. The number of hydrogen-bond donors (Lipinski definition) is 0. The van der Waals surface area contributed by atoms with E-state index in [0.29, 0.717) is 24.3 Å². The largest absolute Gasteiger partial charge is 0.397 e. The minimum absolute atomic E-state index is 0.254. The van der Waals surface area contributed by atoms with Crippen molar-refractivity contribution in [1.29, 1.82) is 0 Å². The van der Waals surface area contributed by atoms with Crippen molar-refractivity contribution in [3.8, 4) is 0 Å². The first-order valence-electron chi connectivity index (χ1n) is 8.59. The molecule has 1 aromatic carbocycles. The summed E-state index contributed by atoms with van der Waals surface area (Å²) in [7, 11) is -2.25. The Morgan fingerprint density at radius 2 is 1.57 bits per heavy atom. The van der Waals surface area contributed by atoms with Crippen LogP contribution in [-0.4, -0.2) is 19.8 Å². The number of rotatable bonds is 9. The Balaban J connectivity index is 2.47. The number of ether oxygens (including phenoxy) is 1. The van der Waals surface area contributed by atoms with Crippen LogP contribution in [0.15, 0.2) is 24.3 Å². The van der Waals surface area contributed by atoms with Gasteiger partial charge < -0.3 is 9.16 Å². The van der Waals surface area contributed by atoms with Crippen LogP contribution < -0.4 is 0 Å². The van der Waals surface area contributed by atoms with Crippen LogP contribution in [0.25, 0.3) is 0 Å². The van der Waals surface area contributed by atoms with Crippen molar-refractivity contribution in [3.05, 3.63) is 35.4 Å². The van der Waals surface area contributed by atoms with Crippen LogP contribution in [0.3, 0.4) is 0 Å². The lowest BCUT2D eigenvalue weighted by molar-refractivity contribution is 0.0345. The van der Waals surface area contributed by atoms with E-state index in [0.717, 1.165) is 6.42 Å². The van der Waals surface area contributed by atoms with Gasteiger partial charge in [0, 0.05) is 6.61 Å². The van der Waals surface area contributed by atoms with E-state index in [1.807, 2.05) is 0 Å². The van der Waals surface area contributed by atoms with Gasteiger partial charge in [-0.25, -0.2) is 0 Å². The van der Waals surface area contributed by atoms with E-state index < -0.39 is 7.63 Å². The zero-order chi connectivity index (χ0) is 17.7. The molecule has 0 heterocycles. The third kappa shape index (κ3) is 6.58. The summed E-state index contributed by atoms with van der Waals surface area (Å²) in [5.74, 6) is 0. The topological polar surface area (TPSA) is 18.5 Å². The zero-order valence-corrected chi connectivity index (χ0v) is 17.5. The summed E-state index contributed by atoms with van der Waals surface area (Å²) in [5, 5.41) is 0. The van der Waals surface area contributed by atoms with E-state index in [1.54, 1.807) is 0 Å². The third-order valence-corrected chi connectivity index (χ3v) is 11.1. The zero-order valence-electron chi connectivity index (χ0n) is 15.8.